The first-order chi connectivity index (χ1) is 9.08. The van der Waals surface area contributed by atoms with Gasteiger partial charge in [-0.15, -0.1) is 0 Å². The molecule has 1 aromatic rings. The highest BCUT2D eigenvalue weighted by atomic mass is 19.1. The molecule has 1 saturated heterocycles. The summed E-state index contributed by atoms with van der Waals surface area (Å²) in [5, 5.41) is 12.1. The minimum atomic E-state index is -1.22. The number of carbonyl (C=O) groups excluding carboxylic acids is 2. The van der Waals surface area contributed by atoms with Crippen LogP contribution < -0.4 is 15.6 Å². The number of hydrogen-bond acceptors (Lipinski definition) is 4. The molecule has 6 nitrogen and oxygen atoms in total. The van der Waals surface area contributed by atoms with Crippen molar-refractivity contribution in [3.8, 4) is 5.75 Å². The molecule has 3 N–H and O–H groups in total. The Hall–Kier alpha value is -2.15. The molecule has 102 valence electrons. The molecule has 2 amide bonds. The maximum atomic E-state index is 12.9. The van der Waals surface area contributed by atoms with Crippen molar-refractivity contribution in [1.82, 2.24) is 10.8 Å². The molecule has 1 fully saturated rings. The van der Waals surface area contributed by atoms with E-state index in [0.717, 1.165) is 6.07 Å². The first kappa shape index (κ1) is 13.3. The normalized spacial score (nSPS) is 22.5. The predicted molar refractivity (Wildman–Crippen MR) is 62.3 cm³/mol. The van der Waals surface area contributed by atoms with E-state index in [0.29, 0.717) is 13.0 Å². The molecule has 2 unspecified atom stereocenters. The summed E-state index contributed by atoms with van der Waals surface area (Å²) >= 11 is 0. The number of benzene rings is 1. The van der Waals surface area contributed by atoms with Crippen LogP contribution in [0.4, 0.5) is 4.39 Å². The molecular weight excluding hydrogens is 255 g/mol. The van der Waals surface area contributed by atoms with Crippen molar-refractivity contribution < 1.29 is 23.9 Å². The Morgan fingerprint density at radius 1 is 1.53 bits per heavy atom. The number of halogens is 1. The molecule has 1 heterocycles. The monoisotopic (exact) mass is 268 g/mol. The van der Waals surface area contributed by atoms with Gasteiger partial charge in [-0.1, -0.05) is 6.07 Å². The zero-order valence-corrected chi connectivity index (χ0v) is 9.93. The van der Waals surface area contributed by atoms with Gasteiger partial charge in [-0.05, 0) is 18.6 Å². The quantitative estimate of drug-likeness (QED) is 0.520. The van der Waals surface area contributed by atoms with Gasteiger partial charge in [-0.3, -0.25) is 9.59 Å². The highest BCUT2D eigenvalue weighted by Crippen LogP contribution is 2.14. The number of nitrogens with one attached hydrogen (secondary N) is 2. The summed E-state index contributed by atoms with van der Waals surface area (Å²) in [4.78, 5) is 28.1. The molecule has 1 aliphatic heterocycles. The number of piperidine rings is 1. The zero-order valence-electron chi connectivity index (χ0n) is 9.93. The summed E-state index contributed by atoms with van der Waals surface area (Å²) < 4.78 is 12.9. The molecular formula is C12H13FN2O4. The van der Waals surface area contributed by atoms with Gasteiger partial charge in [0.1, 0.15) is 11.7 Å². The van der Waals surface area contributed by atoms with E-state index in [1.807, 2.05) is 5.48 Å². The average molecular weight is 268 g/mol. The van der Waals surface area contributed by atoms with Crippen LogP contribution >= 0.6 is 0 Å². The van der Waals surface area contributed by atoms with E-state index < -0.39 is 29.7 Å². The Morgan fingerprint density at radius 2 is 2.32 bits per heavy atom. The van der Waals surface area contributed by atoms with Crippen molar-refractivity contribution in [3.63, 3.8) is 0 Å². The maximum Gasteiger partial charge on any atom is 0.267 e. The van der Waals surface area contributed by atoms with E-state index in [4.69, 9.17) is 4.84 Å². The Kier molecular flexibility index (Phi) is 3.96. The van der Waals surface area contributed by atoms with Crippen LogP contribution in [0.1, 0.15) is 6.42 Å². The minimum absolute atomic E-state index is 0.0963. The van der Waals surface area contributed by atoms with Crippen LogP contribution in [0, 0.1) is 11.7 Å². The number of amides is 2. The van der Waals surface area contributed by atoms with Crippen LogP contribution in [0.5, 0.6) is 5.75 Å². The fourth-order valence-electron chi connectivity index (χ4n) is 1.79. The number of aliphatic hydroxyl groups is 1. The van der Waals surface area contributed by atoms with Crippen LogP contribution in [-0.4, -0.2) is 29.6 Å². The Labute approximate surface area is 108 Å². The Morgan fingerprint density at radius 3 is 3.00 bits per heavy atom. The summed E-state index contributed by atoms with van der Waals surface area (Å²) in [5.41, 5.74) is 2.03. The van der Waals surface area contributed by atoms with Crippen molar-refractivity contribution in [3.05, 3.63) is 30.1 Å². The van der Waals surface area contributed by atoms with Gasteiger partial charge in [0.15, 0.2) is 5.75 Å². The topological polar surface area (TPSA) is 87.7 Å². The highest BCUT2D eigenvalue weighted by molar-refractivity contribution is 6.01. The van der Waals surface area contributed by atoms with E-state index >= 15 is 0 Å². The second-order valence-electron chi connectivity index (χ2n) is 4.15. The molecule has 0 radical (unpaired) electrons. The fraction of sp³-hybridized carbons (Fsp3) is 0.333. The summed E-state index contributed by atoms with van der Waals surface area (Å²) in [6, 6.07) is 5.17. The minimum Gasteiger partial charge on any atom is -0.392 e. The van der Waals surface area contributed by atoms with Crippen LogP contribution in [0.2, 0.25) is 0 Å². The van der Waals surface area contributed by atoms with E-state index in [1.165, 1.54) is 18.2 Å². The van der Waals surface area contributed by atoms with Crippen molar-refractivity contribution in [2.45, 2.75) is 12.5 Å². The van der Waals surface area contributed by atoms with E-state index in [9.17, 15) is 19.1 Å². The van der Waals surface area contributed by atoms with Crippen molar-refractivity contribution in [1.29, 1.82) is 0 Å². The molecule has 0 aliphatic carbocycles. The van der Waals surface area contributed by atoms with Crippen LogP contribution in [0.25, 0.3) is 0 Å². The molecule has 2 rings (SSSR count). The van der Waals surface area contributed by atoms with Gasteiger partial charge >= 0.3 is 0 Å². The first-order valence-corrected chi connectivity index (χ1v) is 5.76. The van der Waals surface area contributed by atoms with Crippen molar-refractivity contribution in [2.75, 3.05) is 6.54 Å². The van der Waals surface area contributed by atoms with Gasteiger partial charge in [-0.2, -0.15) is 5.48 Å². The van der Waals surface area contributed by atoms with E-state index in [1.54, 1.807) is 0 Å². The average Bonchev–Trinajstić information content (AvgIpc) is 2.36. The Balaban J connectivity index is 1.95. The lowest BCUT2D eigenvalue weighted by Crippen LogP contribution is -2.52. The van der Waals surface area contributed by atoms with Crippen LogP contribution in [0.15, 0.2) is 24.3 Å². The predicted octanol–water partition coefficient (Wildman–Crippen LogP) is -0.267. The Bertz CT molecular complexity index is 494. The van der Waals surface area contributed by atoms with Gasteiger partial charge in [0.25, 0.3) is 5.91 Å². The van der Waals surface area contributed by atoms with Crippen molar-refractivity contribution >= 4 is 11.8 Å². The van der Waals surface area contributed by atoms with Crippen molar-refractivity contribution in [2.24, 2.45) is 5.92 Å². The standard InChI is InChI=1S/C12H13FN2O4/c13-7-2-1-3-8(6-7)19-15-12(18)10-9(16)4-5-14-11(10)17/h1-3,6,9-10,16H,4-5H2,(H,14,17)(H,15,18). The molecule has 0 aromatic heterocycles. The van der Waals surface area contributed by atoms with Gasteiger partial charge in [0.2, 0.25) is 5.91 Å². The van der Waals surface area contributed by atoms with Gasteiger partial charge < -0.3 is 15.3 Å². The second kappa shape index (κ2) is 5.66. The summed E-state index contributed by atoms with van der Waals surface area (Å²) in [7, 11) is 0. The molecule has 2 atom stereocenters. The van der Waals surface area contributed by atoms with Crippen LogP contribution in [0.3, 0.4) is 0 Å². The van der Waals surface area contributed by atoms with Gasteiger partial charge in [0.05, 0.1) is 6.10 Å². The lowest BCUT2D eigenvalue weighted by atomic mass is 9.95. The van der Waals surface area contributed by atoms with E-state index in [2.05, 4.69) is 5.32 Å². The van der Waals surface area contributed by atoms with Crippen LogP contribution in [-0.2, 0) is 9.59 Å². The third-order valence-corrected chi connectivity index (χ3v) is 2.75. The lowest BCUT2D eigenvalue weighted by molar-refractivity contribution is -0.146. The summed E-state index contributed by atoms with van der Waals surface area (Å²) in [6.45, 7) is 0.328. The second-order valence-corrected chi connectivity index (χ2v) is 4.15. The van der Waals surface area contributed by atoms with Gasteiger partial charge in [0, 0.05) is 12.6 Å². The third-order valence-electron chi connectivity index (χ3n) is 2.75. The zero-order chi connectivity index (χ0) is 13.8. The molecule has 0 saturated carbocycles. The molecule has 0 bridgehead atoms. The summed E-state index contributed by atoms with van der Waals surface area (Å²) in [6.07, 6.45) is -0.756. The molecule has 19 heavy (non-hydrogen) atoms. The number of hydroxylamine groups is 1. The van der Waals surface area contributed by atoms with E-state index in [-0.39, 0.29) is 5.75 Å². The molecule has 1 aliphatic rings. The first-order valence-electron chi connectivity index (χ1n) is 5.76. The maximum absolute atomic E-state index is 12.9. The number of carbonyl (C=O) groups is 2. The highest BCUT2D eigenvalue weighted by Gasteiger charge is 2.37. The molecule has 0 spiro atoms. The number of aliphatic hydroxyl groups excluding tert-OH is 1. The molecule has 1 aromatic carbocycles. The number of rotatable bonds is 3. The van der Waals surface area contributed by atoms with Gasteiger partial charge in [-0.25, -0.2) is 4.39 Å². The summed E-state index contributed by atoms with van der Waals surface area (Å²) in [5.74, 6) is -2.96. The SMILES string of the molecule is O=C1NCCC(O)C1C(=O)NOc1cccc(F)c1. The number of hydrogen-bond donors (Lipinski definition) is 3. The largest absolute Gasteiger partial charge is 0.392 e. The third kappa shape index (κ3) is 3.19. The lowest BCUT2D eigenvalue weighted by Gasteiger charge is -2.25. The molecule has 7 heteroatoms. The fourth-order valence-corrected chi connectivity index (χ4v) is 1.79. The smallest absolute Gasteiger partial charge is 0.267 e.